The summed E-state index contributed by atoms with van der Waals surface area (Å²) >= 11 is 11.9. The van der Waals surface area contributed by atoms with Gasteiger partial charge in [0.05, 0.1) is 21.4 Å². The molecule has 0 bridgehead atoms. The van der Waals surface area contributed by atoms with Crippen molar-refractivity contribution in [1.82, 2.24) is 9.91 Å². The minimum absolute atomic E-state index is 0.480. The van der Waals surface area contributed by atoms with Crippen LogP contribution in [-0.2, 0) is 0 Å². The van der Waals surface area contributed by atoms with Gasteiger partial charge in [-0.3, -0.25) is 0 Å². The van der Waals surface area contributed by atoms with Gasteiger partial charge >= 0.3 is 0 Å². The number of hydrogen-bond acceptors (Lipinski definition) is 4. The van der Waals surface area contributed by atoms with Crippen LogP contribution in [0.25, 0.3) is 0 Å². The van der Waals surface area contributed by atoms with Crippen LogP contribution in [0.2, 0.25) is 10.0 Å². The smallest absolute Gasteiger partial charge is 0.0736 e. The maximum atomic E-state index is 5.97. The number of rotatable bonds is 2. The molecule has 1 aromatic carbocycles. The van der Waals surface area contributed by atoms with Crippen LogP contribution in [0, 0.1) is 0 Å². The Kier molecular flexibility index (Phi) is 3.99. The molecule has 0 amide bonds. The zero-order chi connectivity index (χ0) is 12.4. The maximum absolute atomic E-state index is 5.97. The first-order valence-corrected chi connectivity index (χ1v) is 6.26. The first-order valence-electron chi connectivity index (χ1n) is 5.51. The molecular formula is C11H16Cl2N4. The average molecular weight is 275 g/mol. The normalized spacial score (nSPS) is 18.3. The van der Waals surface area contributed by atoms with Gasteiger partial charge in [0.15, 0.2) is 0 Å². The van der Waals surface area contributed by atoms with E-state index in [9.17, 15) is 0 Å². The van der Waals surface area contributed by atoms with Crippen molar-refractivity contribution in [2.75, 3.05) is 44.4 Å². The maximum Gasteiger partial charge on any atom is 0.0736 e. The summed E-state index contributed by atoms with van der Waals surface area (Å²) < 4.78 is 0. The molecule has 0 spiro atoms. The van der Waals surface area contributed by atoms with Gasteiger partial charge in [-0.1, -0.05) is 23.2 Å². The standard InChI is InChI=1S/C11H16Cl2N4/c1-16-2-4-17(5-3-16)15-11-7-9(13)8(12)6-10(11)14/h6-7,15H,2-5,14H2,1H3. The lowest BCUT2D eigenvalue weighted by Gasteiger charge is -2.33. The van der Waals surface area contributed by atoms with E-state index < -0.39 is 0 Å². The monoisotopic (exact) mass is 274 g/mol. The summed E-state index contributed by atoms with van der Waals surface area (Å²) in [6, 6.07) is 3.43. The largest absolute Gasteiger partial charge is 0.397 e. The molecular weight excluding hydrogens is 259 g/mol. The van der Waals surface area contributed by atoms with Gasteiger partial charge in [0.2, 0.25) is 0 Å². The molecule has 1 fully saturated rings. The molecule has 3 N–H and O–H groups in total. The Morgan fingerprint density at radius 3 is 2.35 bits per heavy atom. The predicted molar refractivity (Wildman–Crippen MR) is 73.6 cm³/mol. The molecule has 4 nitrogen and oxygen atoms in total. The van der Waals surface area contributed by atoms with Crippen LogP contribution in [0.1, 0.15) is 0 Å². The number of piperazine rings is 1. The third-order valence-corrected chi connectivity index (χ3v) is 3.60. The second kappa shape index (κ2) is 5.31. The lowest BCUT2D eigenvalue weighted by Crippen LogP contribution is -2.47. The van der Waals surface area contributed by atoms with Crippen molar-refractivity contribution in [3.63, 3.8) is 0 Å². The van der Waals surface area contributed by atoms with Gasteiger partial charge in [-0.2, -0.15) is 0 Å². The average Bonchev–Trinajstić information content (AvgIpc) is 2.29. The number of nitrogens with two attached hydrogens (primary N) is 1. The summed E-state index contributed by atoms with van der Waals surface area (Å²) in [4.78, 5) is 2.29. The highest BCUT2D eigenvalue weighted by atomic mass is 35.5. The van der Waals surface area contributed by atoms with Gasteiger partial charge in [0, 0.05) is 26.2 Å². The van der Waals surface area contributed by atoms with Crippen LogP contribution >= 0.6 is 23.2 Å². The fourth-order valence-corrected chi connectivity index (χ4v) is 2.08. The number of nitrogens with one attached hydrogen (secondary N) is 1. The molecule has 0 aliphatic carbocycles. The molecule has 0 radical (unpaired) electrons. The Morgan fingerprint density at radius 2 is 1.71 bits per heavy atom. The van der Waals surface area contributed by atoms with Crippen LogP contribution in [0.5, 0.6) is 0 Å². The Labute approximate surface area is 111 Å². The van der Waals surface area contributed by atoms with E-state index in [2.05, 4.69) is 22.4 Å². The van der Waals surface area contributed by atoms with Crippen molar-refractivity contribution in [1.29, 1.82) is 0 Å². The Balaban J connectivity index is 2.06. The summed E-state index contributed by atoms with van der Waals surface area (Å²) in [6.07, 6.45) is 0. The third kappa shape index (κ3) is 3.16. The minimum atomic E-state index is 0.480. The molecule has 6 heteroatoms. The summed E-state index contributed by atoms with van der Waals surface area (Å²) in [5.74, 6) is 0. The SMILES string of the molecule is CN1CCN(Nc2cc(Cl)c(Cl)cc2N)CC1. The number of nitrogens with zero attached hydrogens (tertiary/aromatic N) is 2. The van der Waals surface area contributed by atoms with Gasteiger partial charge in [-0.15, -0.1) is 0 Å². The van der Waals surface area contributed by atoms with Gasteiger partial charge in [-0.25, -0.2) is 5.01 Å². The topological polar surface area (TPSA) is 44.5 Å². The highest BCUT2D eigenvalue weighted by molar-refractivity contribution is 6.42. The Morgan fingerprint density at radius 1 is 1.12 bits per heavy atom. The van der Waals surface area contributed by atoms with Gasteiger partial charge in [0.1, 0.15) is 0 Å². The molecule has 94 valence electrons. The number of hydrogen-bond donors (Lipinski definition) is 2. The van der Waals surface area contributed by atoms with E-state index in [0.29, 0.717) is 15.7 Å². The number of benzene rings is 1. The first-order chi connectivity index (χ1) is 8.06. The summed E-state index contributed by atoms with van der Waals surface area (Å²) in [6.45, 7) is 3.98. The molecule has 0 atom stereocenters. The zero-order valence-corrected chi connectivity index (χ0v) is 11.2. The van der Waals surface area contributed by atoms with Crippen molar-refractivity contribution in [3.05, 3.63) is 22.2 Å². The minimum Gasteiger partial charge on any atom is -0.397 e. The van der Waals surface area contributed by atoms with Crippen LogP contribution < -0.4 is 11.2 Å². The molecule has 1 heterocycles. The second-order valence-corrected chi connectivity index (χ2v) is 5.07. The number of likely N-dealkylation sites (N-methyl/N-ethyl adjacent to an activating group) is 1. The first kappa shape index (κ1) is 12.8. The lowest BCUT2D eigenvalue weighted by atomic mass is 10.3. The fourth-order valence-electron chi connectivity index (χ4n) is 1.75. The summed E-state index contributed by atoms with van der Waals surface area (Å²) in [5, 5.41) is 3.13. The van der Waals surface area contributed by atoms with Gasteiger partial charge < -0.3 is 16.1 Å². The highest BCUT2D eigenvalue weighted by Crippen LogP contribution is 2.30. The molecule has 0 unspecified atom stereocenters. The quantitative estimate of drug-likeness (QED) is 0.812. The number of anilines is 2. The Hall–Kier alpha value is -0.680. The van der Waals surface area contributed by atoms with Crippen molar-refractivity contribution in [3.8, 4) is 0 Å². The Bertz CT molecular complexity index is 403. The van der Waals surface area contributed by atoms with E-state index in [1.54, 1.807) is 12.1 Å². The highest BCUT2D eigenvalue weighted by Gasteiger charge is 2.15. The van der Waals surface area contributed by atoms with Crippen LogP contribution in [0.15, 0.2) is 12.1 Å². The van der Waals surface area contributed by atoms with E-state index in [1.807, 2.05) is 0 Å². The van der Waals surface area contributed by atoms with E-state index in [1.165, 1.54) is 0 Å². The predicted octanol–water partition coefficient (Wildman–Crippen LogP) is 2.15. The van der Waals surface area contributed by atoms with E-state index >= 15 is 0 Å². The van der Waals surface area contributed by atoms with Gasteiger partial charge in [0.25, 0.3) is 0 Å². The van der Waals surface area contributed by atoms with Crippen LogP contribution in [0.4, 0.5) is 11.4 Å². The zero-order valence-electron chi connectivity index (χ0n) is 9.71. The molecule has 1 aliphatic rings. The van der Waals surface area contributed by atoms with Crippen molar-refractivity contribution < 1.29 is 0 Å². The van der Waals surface area contributed by atoms with Crippen LogP contribution in [0.3, 0.4) is 0 Å². The third-order valence-electron chi connectivity index (χ3n) is 2.87. The van der Waals surface area contributed by atoms with E-state index in [4.69, 9.17) is 28.9 Å². The molecule has 0 saturated carbocycles. The molecule has 0 aromatic heterocycles. The number of nitrogen functional groups attached to an aromatic ring is 1. The van der Waals surface area contributed by atoms with E-state index in [-0.39, 0.29) is 0 Å². The molecule has 1 saturated heterocycles. The second-order valence-electron chi connectivity index (χ2n) is 4.26. The summed E-state index contributed by atoms with van der Waals surface area (Å²) in [5.41, 5.74) is 10.6. The molecule has 2 rings (SSSR count). The van der Waals surface area contributed by atoms with Gasteiger partial charge in [-0.05, 0) is 19.2 Å². The molecule has 1 aliphatic heterocycles. The number of hydrazine groups is 1. The van der Waals surface area contributed by atoms with Crippen LogP contribution in [-0.4, -0.2) is 43.1 Å². The molecule has 17 heavy (non-hydrogen) atoms. The lowest BCUT2D eigenvalue weighted by molar-refractivity contribution is 0.179. The van der Waals surface area contributed by atoms with Crippen molar-refractivity contribution in [2.45, 2.75) is 0 Å². The summed E-state index contributed by atoms with van der Waals surface area (Å²) in [7, 11) is 2.12. The fraction of sp³-hybridized carbons (Fsp3) is 0.455. The van der Waals surface area contributed by atoms with Crippen molar-refractivity contribution >= 4 is 34.6 Å². The molecule has 1 aromatic rings. The number of halogens is 2. The van der Waals surface area contributed by atoms with Crippen molar-refractivity contribution in [2.24, 2.45) is 0 Å². The van der Waals surface area contributed by atoms with E-state index in [0.717, 1.165) is 31.9 Å².